The summed E-state index contributed by atoms with van der Waals surface area (Å²) in [5.74, 6) is 0.740. The normalized spacial score (nSPS) is 14.7. The van der Waals surface area contributed by atoms with Gasteiger partial charge in [-0.05, 0) is 36.8 Å². The van der Waals surface area contributed by atoms with Gasteiger partial charge in [0.1, 0.15) is 16.9 Å². The molecule has 4 aromatic heterocycles. The van der Waals surface area contributed by atoms with E-state index < -0.39 is 35.3 Å². The summed E-state index contributed by atoms with van der Waals surface area (Å²) in [6.07, 6.45) is -5.89. The first-order valence-electron chi connectivity index (χ1n) is 10.9. The van der Waals surface area contributed by atoms with Crippen molar-refractivity contribution in [2.75, 3.05) is 5.75 Å². The fourth-order valence-electron chi connectivity index (χ4n) is 4.03. The fourth-order valence-corrected chi connectivity index (χ4v) is 4.83. The molecule has 0 unspecified atom stereocenters. The first-order valence-corrected chi connectivity index (χ1v) is 11.8. The minimum Gasteiger partial charge on any atom is -0.321 e. The molecule has 1 aliphatic rings. The third-order valence-corrected chi connectivity index (χ3v) is 6.68. The van der Waals surface area contributed by atoms with E-state index in [0.29, 0.717) is 29.2 Å². The number of rotatable bonds is 5. The summed E-state index contributed by atoms with van der Waals surface area (Å²) >= 11 is 1.32. The summed E-state index contributed by atoms with van der Waals surface area (Å²) in [7, 11) is 1.52. The lowest BCUT2D eigenvalue weighted by Gasteiger charge is -2.15. The predicted molar refractivity (Wildman–Crippen MR) is 120 cm³/mol. The molecule has 0 atom stereocenters. The number of fused-ring (bicyclic) bond motifs is 1. The Morgan fingerprint density at radius 2 is 1.83 bits per heavy atom. The Labute approximate surface area is 203 Å². The van der Waals surface area contributed by atoms with Crippen molar-refractivity contribution in [3.05, 3.63) is 52.3 Å². The molecule has 190 valence electrons. The molecule has 4 heterocycles. The first kappa shape index (κ1) is 24.4. The van der Waals surface area contributed by atoms with E-state index in [-0.39, 0.29) is 22.5 Å². The van der Waals surface area contributed by atoms with Crippen molar-refractivity contribution in [1.82, 2.24) is 28.9 Å². The third kappa shape index (κ3) is 4.16. The average Bonchev–Trinajstić information content (AvgIpc) is 3.38. The lowest BCUT2D eigenvalue weighted by molar-refractivity contribution is -0.144. The number of thioether (sulfide) groups is 1. The zero-order chi connectivity index (χ0) is 26.0. The molecule has 0 radical (unpaired) electrons. The highest BCUT2D eigenvalue weighted by Gasteiger charge is 2.40. The van der Waals surface area contributed by atoms with Crippen molar-refractivity contribution in [2.24, 2.45) is 7.05 Å². The van der Waals surface area contributed by atoms with E-state index in [1.54, 1.807) is 6.07 Å². The maximum atomic E-state index is 13.7. The van der Waals surface area contributed by atoms with E-state index in [9.17, 15) is 31.1 Å². The van der Waals surface area contributed by atoms with Crippen molar-refractivity contribution in [3.8, 4) is 17.2 Å². The van der Waals surface area contributed by atoms with Crippen LogP contribution in [-0.2, 0) is 19.4 Å². The lowest BCUT2D eigenvalue weighted by atomic mass is 10.2. The number of nitrogens with zero attached hydrogens (tertiary/aromatic N) is 6. The second-order valence-corrected chi connectivity index (χ2v) is 9.58. The summed E-state index contributed by atoms with van der Waals surface area (Å²) in [6, 6.07) is 2.79. The van der Waals surface area contributed by atoms with E-state index in [0.717, 1.165) is 27.6 Å². The molecule has 36 heavy (non-hydrogen) atoms. The highest BCUT2D eigenvalue weighted by molar-refractivity contribution is 7.99. The van der Waals surface area contributed by atoms with Crippen LogP contribution >= 0.6 is 11.8 Å². The van der Waals surface area contributed by atoms with E-state index in [2.05, 4.69) is 15.1 Å². The van der Waals surface area contributed by atoms with Crippen molar-refractivity contribution in [1.29, 1.82) is 0 Å². The predicted octanol–water partition coefficient (Wildman–Crippen LogP) is 5.47. The van der Waals surface area contributed by atoms with Crippen LogP contribution in [0.4, 0.5) is 26.3 Å². The van der Waals surface area contributed by atoms with Crippen LogP contribution in [0.5, 0.6) is 0 Å². The summed E-state index contributed by atoms with van der Waals surface area (Å²) in [6.45, 7) is 1.86. The van der Waals surface area contributed by atoms with Crippen LogP contribution < -0.4 is 5.56 Å². The number of hydrogen-bond donors (Lipinski definition) is 0. The van der Waals surface area contributed by atoms with Crippen molar-refractivity contribution in [3.63, 3.8) is 0 Å². The largest absolute Gasteiger partial charge is 0.435 e. The second-order valence-electron chi connectivity index (χ2n) is 8.28. The van der Waals surface area contributed by atoms with Gasteiger partial charge in [0.2, 0.25) is 0 Å². The Morgan fingerprint density at radius 1 is 1.11 bits per heavy atom. The Hall–Kier alpha value is -3.29. The monoisotopic (exact) mass is 528 g/mol. The maximum absolute atomic E-state index is 13.7. The van der Waals surface area contributed by atoms with Crippen LogP contribution in [0.3, 0.4) is 0 Å². The second kappa shape index (κ2) is 8.39. The lowest BCUT2D eigenvalue weighted by Crippen LogP contribution is -2.28. The van der Waals surface area contributed by atoms with Crippen LogP contribution in [0.25, 0.3) is 28.2 Å². The summed E-state index contributed by atoms with van der Waals surface area (Å²) < 4.78 is 83.3. The Balaban J connectivity index is 1.66. The van der Waals surface area contributed by atoms with Gasteiger partial charge in [-0.2, -0.15) is 31.4 Å². The van der Waals surface area contributed by atoms with Gasteiger partial charge in [-0.3, -0.25) is 9.36 Å². The maximum Gasteiger partial charge on any atom is 0.435 e. The molecule has 0 N–H and O–H groups in total. The number of halogens is 6. The minimum atomic E-state index is -4.73. The molecule has 0 aliphatic heterocycles. The van der Waals surface area contributed by atoms with Crippen molar-refractivity contribution in [2.45, 2.75) is 43.1 Å². The molecule has 7 nitrogen and oxygen atoms in total. The zero-order valence-electron chi connectivity index (χ0n) is 18.9. The highest BCUT2D eigenvalue weighted by atomic mass is 32.2. The van der Waals surface area contributed by atoms with E-state index in [1.807, 2.05) is 6.92 Å². The molecule has 1 fully saturated rings. The molecule has 0 amide bonds. The molecule has 0 aromatic carbocycles. The van der Waals surface area contributed by atoms with Gasteiger partial charge in [0.25, 0.3) is 5.56 Å². The van der Waals surface area contributed by atoms with Crippen molar-refractivity contribution >= 4 is 22.8 Å². The highest BCUT2D eigenvalue weighted by Crippen LogP contribution is 2.40. The van der Waals surface area contributed by atoms with Crippen LogP contribution in [0.2, 0.25) is 0 Å². The Kier molecular flexibility index (Phi) is 5.69. The third-order valence-electron chi connectivity index (χ3n) is 5.77. The van der Waals surface area contributed by atoms with Gasteiger partial charge in [-0.25, -0.2) is 14.6 Å². The molecule has 0 bridgehead atoms. The van der Waals surface area contributed by atoms with Gasteiger partial charge in [-0.15, -0.1) is 11.8 Å². The number of alkyl halides is 6. The Morgan fingerprint density at radius 3 is 2.42 bits per heavy atom. The number of pyridine rings is 2. The van der Waals surface area contributed by atoms with Gasteiger partial charge in [0.05, 0.1) is 17.4 Å². The van der Waals surface area contributed by atoms with Crippen molar-refractivity contribution < 1.29 is 26.3 Å². The van der Waals surface area contributed by atoms with Gasteiger partial charge >= 0.3 is 12.4 Å². The standard InChI is InChI=1S/C22H18F6N6OS/c1-3-36-14-8-12(33-7-6-15(31-33)21(23,24)25)10-29-17(14)19-30-13-9-16(22(26,27)28)34(11-4-5-11)20(35)18(13)32(19)2/h6-11H,3-5H2,1-2H3. The summed E-state index contributed by atoms with van der Waals surface area (Å²) in [4.78, 5) is 22.4. The minimum absolute atomic E-state index is 0.0186. The van der Waals surface area contributed by atoms with Gasteiger partial charge in [-0.1, -0.05) is 6.92 Å². The van der Waals surface area contributed by atoms with Crippen LogP contribution in [-0.4, -0.2) is 34.6 Å². The van der Waals surface area contributed by atoms with Gasteiger partial charge in [0, 0.05) is 24.2 Å². The van der Waals surface area contributed by atoms with E-state index >= 15 is 0 Å². The SMILES string of the molecule is CCSc1cc(-n2ccc(C(F)(F)F)n2)cnc1-c1nc2cc(C(F)(F)F)n(C3CC3)c(=O)c2n1C. The van der Waals surface area contributed by atoms with Gasteiger partial charge in [0.15, 0.2) is 11.5 Å². The molecule has 1 aliphatic carbocycles. The Bertz CT molecular complexity index is 1530. The van der Waals surface area contributed by atoms with Crippen LogP contribution in [0, 0.1) is 0 Å². The average molecular weight is 528 g/mol. The molecule has 5 rings (SSSR count). The summed E-state index contributed by atoms with van der Waals surface area (Å²) in [5.41, 5.74) is -2.41. The van der Waals surface area contributed by atoms with E-state index in [4.69, 9.17) is 0 Å². The molecule has 14 heteroatoms. The zero-order valence-corrected chi connectivity index (χ0v) is 19.7. The number of imidazole rings is 1. The van der Waals surface area contributed by atoms with Gasteiger partial charge < -0.3 is 4.57 Å². The molecule has 1 saturated carbocycles. The molecule has 4 aromatic rings. The topological polar surface area (TPSA) is 70.5 Å². The van der Waals surface area contributed by atoms with Crippen LogP contribution in [0.1, 0.15) is 37.2 Å². The summed E-state index contributed by atoms with van der Waals surface area (Å²) in [5, 5.41) is 3.56. The smallest absolute Gasteiger partial charge is 0.321 e. The quantitative estimate of drug-likeness (QED) is 0.254. The molecule has 0 saturated heterocycles. The van der Waals surface area contributed by atoms with E-state index in [1.165, 1.54) is 29.6 Å². The molecular weight excluding hydrogens is 510 g/mol. The molecule has 0 spiro atoms. The number of aryl methyl sites for hydroxylation is 1. The first-order chi connectivity index (χ1) is 16.9. The molecular formula is C22H18F6N6OS. The van der Waals surface area contributed by atoms with Crippen LogP contribution in [0.15, 0.2) is 40.3 Å². The number of aromatic nitrogens is 6. The fraction of sp³-hybridized carbons (Fsp3) is 0.364. The number of hydrogen-bond acceptors (Lipinski definition) is 5.